The molecule has 1 aliphatic heterocycles. The standard InChI is InChI=1S/C23H38N4O3S.ClH/c1-23(2)15-31-22(27(23)3)26-25-21(30)19(28)18(16-11-9-6-10-12-16)24-20(29)17-13-7-4-5-8-14-17;/h16-18H,4-15H2,1-3H3,(H,24,29)(H,25,30);1H/b26-22-;. The molecule has 7 nitrogen and oxygen atoms in total. The highest BCUT2D eigenvalue weighted by Crippen LogP contribution is 2.31. The SMILES string of the molecule is CN1/C(=N/NC(=O)C(=O)C(NC(=O)C2CCCCCC2)C2CCCCC2)SCC1(C)C.Cl. The van der Waals surface area contributed by atoms with E-state index in [1.54, 1.807) is 11.8 Å². The molecular weight excluding hydrogens is 448 g/mol. The maximum absolute atomic E-state index is 13.1. The summed E-state index contributed by atoms with van der Waals surface area (Å²) in [5.74, 6) is -0.509. The Labute approximate surface area is 202 Å². The first-order valence-electron chi connectivity index (χ1n) is 11.9. The Kier molecular flexibility index (Phi) is 10.3. The van der Waals surface area contributed by atoms with Crippen LogP contribution in [0.3, 0.4) is 0 Å². The largest absolute Gasteiger partial charge is 0.347 e. The summed E-state index contributed by atoms with van der Waals surface area (Å²) in [6.07, 6.45) is 11.1. The fraction of sp³-hybridized carbons (Fsp3) is 0.826. The Morgan fingerprint density at radius 2 is 1.56 bits per heavy atom. The third-order valence-electron chi connectivity index (χ3n) is 7.15. The van der Waals surface area contributed by atoms with Crippen LogP contribution >= 0.6 is 24.2 Å². The topological polar surface area (TPSA) is 90.9 Å². The number of hydrogen-bond acceptors (Lipinski definition) is 5. The molecule has 2 N–H and O–H groups in total. The Morgan fingerprint density at radius 3 is 2.12 bits per heavy atom. The summed E-state index contributed by atoms with van der Waals surface area (Å²) in [5.41, 5.74) is 2.41. The smallest absolute Gasteiger partial charge is 0.309 e. The first kappa shape index (κ1) is 27.0. The van der Waals surface area contributed by atoms with E-state index in [9.17, 15) is 14.4 Å². The van der Waals surface area contributed by atoms with Crippen molar-refractivity contribution in [2.45, 2.75) is 96.1 Å². The second-order valence-electron chi connectivity index (χ2n) is 9.93. The number of nitrogens with zero attached hydrogens (tertiary/aromatic N) is 2. The molecule has 32 heavy (non-hydrogen) atoms. The van der Waals surface area contributed by atoms with Crippen molar-refractivity contribution < 1.29 is 14.4 Å². The summed E-state index contributed by atoms with van der Waals surface area (Å²) in [6, 6.07) is -0.748. The van der Waals surface area contributed by atoms with Crippen LogP contribution in [0.4, 0.5) is 0 Å². The number of nitrogens with one attached hydrogen (secondary N) is 2. The zero-order valence-electron chi connectivity index (χ0n) is 19.7. The van der Waals surface area contributed by atoms with Gasteiger partial charge in [0.1, 0.15) is 6.04 Å². The van der Waals surface area contributed by atoms with Crippen LogP contribution in [0.2, 0.25) is 0 Å². The van der Waals surface area contributed by atoms with E-state index in [-0.39, 0.29) is 35.7 Å². The number of hydrazone groups is 1. The summed E-state index contributed by atoms with van der Waals surface area (Å²) < 4.78 is 0. The van der Waals surface area contributed by atoms with Crippen molar-refractivity contribution in [1.29, 1.82) is 0 Å². The lowest BCUT2D eigenvalue weighted by atomic mass is 9.81. The van der Waals surface area contributed by atoms with E-state index < -0.39 is 17.7 Å². The average Bonchev–Trinajstić information content (AvgIpc) is 2.96. The van der Waals surface area contributed by atoms with Crippen molar-refractivity contribution in [3.63, 3.8) is 0 Å². The predicted molar refractivity (Wildman–Crippen MR) is 132 cm³/mol. The third-order valence-corrected chi connectivity index (χ3v) is 8.63. The van der Waals surface area contributed by atoms with Crippen LogP contribution in [0.15, 0.2) is 5.10 Å². The zero-order valence-corrected chi connectivity index (χ0v) is 21.3. The van der Waals surface area contributed by atoms with Gasteiger partial charge >= 0.3 is 5.91 Å². The van der Waals surface area contributed by atoms with Gasteiger partial charge in [0.25, 0.3) is 0 Å². The predicted octanol–water partition coefficient (Wildman–Crippen LogP) is 3.86. The second kappa shape index (κ2) is 12.3. The molecule has 3 fully saturated rings. The van der Waals surface area contributed by atoms with Crippen molar-refractivity contribution in [3.05, 3.63) is 0 Å². The quantitative estimate of drug-likeness (QED) is 0.338. The molecule has 1 heterocycles. The van der Waals surface area contributed by atoms with Gasteiger partial charge in [0.15, 0.2) is 5.17 Å². The normalized spacial score (nSPS) is 24.3. The molecule has 0 bridgehead atoms. The molecule has 0 spiro atoms. The second-order valence-corrected chi connectivity index (χ2v) is 10.9. The van der Waals surface area contributed by atoms with Gasteiger partial charge in [-0.3, -0.25) is 14.4 Å². The molecule has 2 amide bonds. The van der Waals surface area contributed by atoms with Gasteiger partial charge in [0, 0.05) is 24.3 Å². The fourth-order valence-corrected chi connectivity index (χ4v) is 6.00. The van der Waals surface area contributed by atoms with Crippen molar-refractivity contribution in [1.82, 2.24) is 15.6 Å². The van der Waals surface area contributed by atoms with Gasteiger partial charge in [-0.25, -0.2) is 5.43 Å². The molecule has 182 valence electrons. The molecule has 0 aromatic carbocycles. The van der Waals surface area contributed by atoms with Crippen LogP contribution in [0.1, 0.15) is 84.5 Å². The fourth-order valence-electron chi connectivity index (χ4n) is 4.77. The van der Waals surface area contributed by atoms with Gasteiger partial charge in [0.05, 0.1) is 0 Å². The number of halogens is 1. The number of amidine groups is 1. The van der Waals surface area contributed by atoms with Crippen molar-refractivity contribution in [2.24, 2.45) is 16.9 Å². The van der Waals surface area contributed by atoms with E-state index in [0.717, 1.165) is 63.5 Å². The maximum atomic E-state index is 13.1. The molecule has 2 saturated carbocycles. The molecule has 1 saturated heterocycles. The number of rotatable bonds is 6. The molecule has 9 heteroatoms. The van der Waals surface area contributed by atoms with Gasteiger partial charge in [-0.2, -0.15) is 0 Å². The minimum Gasteiger partial charge on any atom is -0.347 e. The Bertz CT molecular complexity index is 701. The number of ketones is 1. The van der Waals surface area contributed by atoms with Crippen molar-refractivity contribution in [2.75, 3.05) is 12.8 Å². The van der Waals surface area contributed by atoms with Crippen LogP contribution in [-0.4, -0.2) is 52.0 Å². The molecule has 1 unspecified atom stereocenters. The number of amides is 2. The first-order valence-corrected chi connectivity index (χ1v) is 12.9. The summed E-state index contributed by atoms with van der Waals surface area (Å²) in [6.45, 7) is 4.22. The van der Waals surface area contributed by atoms with Crippen molar-refractivity contribution >= 4 is 46.9 Å². The minimum atomic E-state index is -0.748. The van der Waals surface area contributed by atoms with Crippen LogP contribution < -0.4 is 10.7 Å². The zero-order chi connectivity index (χ0) is 22.4. The molecule has 1 atom stereocenters. The van der Waals surface area contributed by atoms with Gasteiger partial charge in [-0.1, -0.05) is 56.7 Å². The van der Waals surface area contributed by atoms with Crippen LogP contribution in [0.5, 0.6) is 0 Å². The number of carbonyl (C=O) groups is 3. The van der Waals surface area contributed by atoms with E-state index in [0.29, 0.717) is 5.17 Å². The first-order chi connectivity index (χ1) is 14.8. The highest BCUT2D eigenvalue weighted by Gasteiger charge is 2.37. The van der Waals surface area contributed by atoms with Gasteiger partial charge < -0.3 is 10.2 Å². The summed E-state index contributed by atoms with van der Waals surface area (Å²) in [4.78, 5) is 40.8. The Balaban J connectivity index is 0.00000363. The third kappa shape index (κ3) is 6.86. The van der Waals surface area contributed by atoms with Gasteiger partial charge in [0.2, 0.25) is 11.7 Å². The van der Waals surface area contributed by atoms with Gasteiger partial charge in [-0.15, -0.1) is 17.5 Å². The highest BCUT2D eigenvalue weighted by molar-refractivity contribution is 8.14. The molecule has 3 rings (SSSR count). The lowest BCUT2D eigenvalue weighted by molar-refractivity contribution is -0.141. The molecule has 2 aliphatic carbocycles. The number of Topliss-reactive ketones (excluding diaryl/α,β-unsaturated/α-hetero) is 1. The number of hydrogen-bond donors (Lipinski definition) is 2. The molecular formula is C23H39ClN4O3S. The van der Waals surface area contributed by atoms with Gasteiger partial charge in [-0.05, 0) is 45.4 Å². The molecule has 0 aromatic heterocycles. The Hall–Kier alpha value is -1.28. The van der Waals surface area contributed by atoms with Crippen LogP contribution in [0.25, 0.3) is 0 Å². The maximum Gasteiger partial charge on any atom is 0.309 e. The lowest BCUT2D eigenvalue weighted by Crippen LogP contribution is -2.52. The van der Waals surface area contributed by atoms with E-state index >= 15 is 0 Å². The molecule has 0 aromatic rings. The van der Waals surface area contributed by atoms with Crippen LogP contribution in [0, 0.1) is 11.8 Å². The summed E-state index contributed by atoms with van der Waals surface area (Å²) in [7, 11) is 1.94. The minimum absolute atomic E-state index is 0. The average molecular weight is 487 g/mol. The number of carbonyl (C=O) groups excluding carboxylic acids is 3. The summed E-state index contributed by atoms with van der Waals surface area (Å²) in [5, 5.41) is 7.90. The monoisotopic (exact) mass is 486 g/mol. The van der Waals surface area contributed by atoms with E-state index in [4.69, 9.17) is 0 Å². The van der Waals surface area contributed by atoms with Crippen molar-refractivity contribution in [3.8, 4) is 0 Å². The highest BCUT2D eigenvalue weighted by atomic mass is 35.5. The summed E-state index contributed by atoms with van der Waals surface area (Å²) >= 11 is 1.56. The molecule has 3 aliphatic rings. The Morgan fingerprint density at radius 1 is 1.00 bits per heavy atom. The molecule has 0 radical (unpaired) electrons. The van der Waals surface area contributed by atoms with Crippen LogP contribution in [-0.2, 0) is 14.4 Å². The van der Waals surface area contributed by atoms with E-state index in [1.807, 2.05) is 11.9 Å². The van der Waals surface area contributed by atoms with E-state index in [1.165, 1.54) is 12.8 Å². The lowest BCUT2D eigenvalue weighted by Gasteiger charge is -2.30. The number of thioether (sulfide) groups is 1. The van der Waals surface area contributed by atoms with E-state index in [2.05, 4.69) is 29.7 Å².